The van der Waals surface area contributed by atoms with Gasteiger partial charge in [-0.2, -0.15) is 0 Å². The summed E-state index contributed by atoms with van der Waals surface area (Å²) < 4.78 is 42.3. The normalized spacial score (nSPS) is 11.6. The SMILES string of the molecule is COc1ccc(S(=O)(=O)CCC(=O)N(CCN(C)C)c2nc3c(OC)ccc(OC)c3s2)cc1. The standard InChI is InChI=1S/C23H29N3O6S2/c1-25(2)13-14-26(23-24-21-18(31-4)10-11-19(32-5)22(21)33-23)20(27)12-15-34(28,29)17-8-6-16(30-3)7-9-17/h6-11H,12-15H2,1-5H3. The number of ether oxygens (including phenoxy) is 3. The van der Waals surface area contributed by atoms with Crippen LogP contribution in [-0.4, -0.2) is 78.5 Å². The molecule has 0 atom stereocenters. The lowest BCUT2D eigenvalue weighted by Crippen LogP contribution is -2.37. The first-order valence-electron chi connectivity index (χ1n) is 10.5. The molecule has 0 radical (unpaired) electrons. The highest BCUT2D eigenvalue weighted by molar-refractivity contribution is 7.91. The third kappa shape index (κ3) is 5.78. The van der Waals surface area contributed by atoms with Gasteiger partial charge in [-0.25, -0.2) is 13.4 Å². The van der Waals surface area contributed by atoms with Crippen molar-refractivity contribution < 1.29 is 27.4 Å². The van der Waals surface area contributed by atoms with Crippen LogP contribution in [-0.2, 0) is 14.6 Å². The Morgan fingerprint density at radius 1 is 0.941 bits per heavy atom. The summed E-state index contributed by atoms with van der Waals surface area (Å²) in [5, 5.41) is 0.464. The monoisotopic (exact) mass is 507 g/mol. The fourth-order valence-electron chi connectivity index (χ4n) is 3.27. The summed E-state index contributed by atoms with van der Waals surface area (Å²) in [6, 6.07) is 9.68. The fraction of sp³-hybridized carbons (Fsp3) is 0.391. The number of sulfone groups is 1. The van der Waals surface area contributed by atoms with E-state index in [1.807, 2.05) is 19.0 Å². The molecule has 3 aromatic rings. The second-order valence-corrected chi connectivity index (χ2v) is 10.8. The van der Waals surface area contributed by atoms with Gasteiger partial charge in [0.2, 0.25) is 5.91 Å². The third-order valence-corrected chi connectivity index (χ3v) is 8.03. The molecule has 0 bridgehead atoms. The van der Waals surface area contributed by atoms with E-state index in [-0.39, 0.29) is 23.0 Å². The van der Waals surface area contributed by atoms with Gasteiger partial charge < -0.3 is 19.1 Å². The molecule has 0 spiro atoms. The molecular weight excluding hydrogens is 478 g/mol. The molecular formula is C23H29N3O6S2. The molecule has 9 nitrogen and oxygen atoms in total. The molecule has 1 amide bonds. The molecule has 0 saturated carbocycles. The highest BCUT2D eigenvalue weighted by Gasteiger charge is 2.25. The van der Waals surface area contributed by atoms with E-state index in [1.54, 1.807) is 38.5 Å². The average Bonchev–Trinajstić information content (AvgIpc) is 3.27. The lowest BCUT2D eigenvalue weighted by atomic mass is 10.3. The first-order valence-corrected chi connectivity index (χ1v) is 13.0. The second-order valence-electron chi connectivity index (χ2n) is 7.74. The highest BCUT2D eigenvalue weighted by Crippen LogP contribution is 2.40. The number of nitrogens with zero attached hydrogens (tertiary/aromatic N) is 3. The first-order chi connectivity index (χ1) is 16.2. The zero-order chi connectivity index (χ0) is 24.9. The van der Waals surface area contributed by atoms with Gasteiger partial charge in [0.1, 0.15) is 27.5 Å². The Morgan fingerprint density at radius 3 is 2.18 bits per heavy atom. The number of likely N-dealkylation sites (N-methyl/N-ethyl adjacent to an activating group) is 1. The van der Waals surface area contributed by atoms with E-state index in [2.05, 4.69) is 4.98 Å². The third-order valence-electron chi connectivity index (χ3n) is 5.20. The van der Waals surface area contributed by atoms with Gasteiger partial charge in [0.15, 0.2) is 15.0 Å². The number of benzene rings is 2. The van der Waals surface area contributed by atoms with Crippen molar-refractivity contribution in [1.82, 2.24) is 9.88 Å². The summed E-state index contributed by atoms with van der Waals surface area (Å²) >= 11 is 1.31. The Balaban J connectivity index is 1.87. The maximum Gasteiger partial charge on any atom is 0.229 e. The van der Waals surface area contributed by atoms with Gasteiger partial charge in [-0.3, -0.25) is 9.69 Å². The summed E-state index contributed by atoms with van der Waals surface area (Å²) in [5.41, 5.74) is 0.593. The van der Waals surface area contributed by atoms with Crippen LogP contribution in [0.2, 0.25) is 0 Å². The van der Waals surface area contributed by atoms with Crippen LogP contribution in [0.5, 0.6) is 17.2 Å². The first kappa shape index (κ1) is 25.7. The minimum Gasteiger partial charge on any atom is -0.497 e. The van der Waals surface area contributed by atoms with Crippen LogP contribution in [0.15, 0.2) is 41.3 Å². The van der Waals surface area contributed by atoms with E-state index >= 15 is 0 Å². The number of methoxy groups -OCH3 is 3. The van der Waals surface area contributed by atoms with Crippen molar-refractivity contribution >= 4 is 42.4 Å². The molecule has 1 heterocycles. The van der Waals surface area contributed by atoms with Crippen molar-refractivity contribution in [3.63, 3.8) is 0 Å². The molecule has 3 rings (SSSR count). The minimum absolute atomic E-state index is 0.149. The van der Waals surface area contributed by atoms with E-state index < -0.39 is 9.84 Å². The molecule has 0 aliphatic carbocycles. The van der Waals surface area contributed by atoms with Crippen LogP contribution in [0, 0.1) is 0 Å². The van der Waals surface area contributed by atoms with Gasteiger partial charge in [-0.05, 0) is 50.5 Å². The Morgan fingerprint density at radius 2 is 1.59 bits per heavy atom. The summed E-state index contributed by atoms with van der Waals surface area (Å²) in [7, 11) is 4.80. The molecule has 2 aromatic carbocycles. The van der Waals surface area contributed by atoms with Crippen LogP contribution < -0.4 is 19.1 Å². The lowest BCUT2D eigenvalue weighted by Gasteiger charge is -2.22. The number of fused-ring (bicyclic) bond motifs is 1. The smallest absolute Gasteiger partial charge is 0.229 e. The van der Waals surface area contributed by atoms with E-state index in [9.17, 15) is 13.2 Å². The van der Waals surface area contributed by atoms with Gasteiger partial charge in [-0.1, -0.05) is 11.3 Å². The Labute approximate surface area is 203 Å². The van der Waals surface area contributed by atoms with Crippen molar-refractivity contribution in [2.75, 3.05) is 59.2 Å². The summed E-state index contributed by atoms with van der Waals surface area (Å²) in [4.78, 5) is 21.5. The maximum absolute atomic E-state index is 13.2. The van der Waals surface area contributed by atoms with Gasteiger partial charge in [0, 0.05) is 19.5 Å². The second kappa shape index (κ2) is 11.0. The van der Waals surface area contributed by atoms with Crippen molar-refractivity contribution in [3.8, 4) is 17.2 Å². The minimum atomic E-state index is -3.64. The number of carbonyl (C=O) groups is 1. The molecule has 0 saturated heterocycles. The van der Waals surface area contributed by atoms with Crippen molar-refractivity contribution in [2.24, 2.45) is 0 Å². The van der Waals surface area contributed by atoms with Crippen molar-refractivity contribution in [1.29, 1.82) is 0 Å². The van der Waals surface area contributed by atoms with E-state index in [0.29, 0.717) is 41.0 Å². The quantitative estimate of drug-likeness (QED) is 0.391. The Hall–Kier alpha value is -2.89. The predicted octanol–water partition coefficient (Wildman–Crippen LogP) is 3.08. The fourth-order valence-corrected chi connectivity index (χ4v) is 5.62. The van der Waals surface area contributed by atoms with Crippen LogP contribution in [0.25, 0.3) is 10.2 Å². The van der Waals surface area contributed by atoms with Crippen LogP contribution in [0.3, 0.4) is 0 Å². The summed E-state index contributed by atoms with van der Waals surface area (Å²) in [6.07, 6.45) is -0.175. The average molecular weight is 508 g/mol. The molecule has 11 heteroatoms. The number of amides is 1. The van der Waals surface area contributed by atoms with E-state index in [0.717, 1.165) is 4.70 Å². The number of hydrogen-bond acceptors (Lipinski definition) is 9. The lowest BCUT2D eigenvalue weighted by molar-refractivity contribution is -0.118. The zero-order valence-electron chi connectivity index (χ0n) is 19.9. The maximum atomic E-state index is 13.2. The number of aromatic nitrogens is 1. The summed E-state index contributed by atoms with van der Waals surface area (Å²) in [5.74, 6) is 1.12. The Kier molecular flexibility index (Phi) is 8.34. The zero-order valence-corrected chi connectivity index (χ0v) is 21.5. The van der Waals surface area contributed by atoms with Crippen molar-refractivity contribution in [3.05, 3.63) is 36.4 Å². The molecule has 1 aromatic heterocycles. The Bertz CT molecular complexity index is 1200. The molecule has 184 valence electrons. The molecule has 34 heavy (non-hydrogen) atoms. The molecule has 0 aliphatic rings. The van der Waals surface area contributed by atoms with Crippen molar-refractivity contribution in [2.45, 2.75) is 11.3 Å². The number of anilines is 1. The van der Waals surface area contributed by atoms with Gasteiger partial charge >= 0.3 is 0 Å². The van der Waals surface area contributed by atoms with Gasteiger partial charge in [0.05, 0.1) is 32.0 Å². The molecule has 0 aliphatic heterocycles. The number of carbonyl (C=O) groups excluding carboxylic acids is 1. The van der Waals surface area contributed by atoms with E-state index in [1.165, 1.54) is 35.5 Å². The number of rotatable bonds is 11. The highest BCUT2D eigenvalue weighted by atomic mass is 32.2. The van der Waals surface area contributed by atoms with Crippen LogP contribution in [0.4, 0.5) is 5.13 Å². The topological polar surface area (TPSA) is 98.3 Å². The molecule has 0 fully saturated rings. The largest absolute Gasteiger partial charge is 0.497 e. The number of thiazole rings is 1. The molecule has 0 N–H and O–H groups in total. The van der Waals surface area contributed by atoms with Crippen LogP contribution in [0.1, 0.15) is 6.42 Å². The summed E-state index contributed by atoms with van der Waals surface area (Å²) in [6.45, 7) is 0.944. The van der Waals surface area contributed by atoms with Gasteiger partial charge in [-0.15, -0.1) is 0 Å². The van der Waals surface area contributed by atoms with Gasteiger partial charge in [0.25, 0.3) is 0 Å². The number of hydrogen-bond donors (Lipinski definition) is 0. The van der Waals surface area contributed by atoms with E-state index in [4.69, 9.17) is 14.2 Å². The van der Waals surface area contributed by atoms with Crippen LogP contribution >= 0.6 is 11.3 Å². The molecule has 0 unspecified atom stereocenters. The predicted molar refractivity (Wildman–Crippen MR) is 133 cm³/mol.